The van der Waals surface area contributed by atoms with Crippen molar-refractivity contribution in [2.24, 2.45) is 0 Å². The molecule has 4 aromatic rings. The summed E-state index contributed by atoms with van der Waals surface area (Å²) in [6.07, 6.45) is 2.25. The van der Waals surface area contributed by atoms with E-state index in [9.17, 15) is 18.0 Å². The molecule has 0 amide bonds. The lowest BCUT2D eigenvalue weighted by molar-refractivity contribution is -0.135. The Kier molecular flexibility index (Phi) is 9.75. The van der Waals surface area contributed by atoms with E-state index >= 15 is 0 Å². The van der Waals surface area contributed by atoms with Gasteiger partial charge in [-0.2, -0.15) is 4.31 Å². The molecule has 2 atom stereocenters. The first-order chi connectivity index (χ1) is 22.3. The van der Waals surface area contributed by atoms with Gasteiger partial charge in [0.15, 0.2) is 11.6 Å². The van der Waals surface area contributed by atoms with Crippen LogP contribution in [0.25, 0.3) is 11.1 Å². The number of benzene rings is 4. The summed E-state index contributed by atoms with van der Waals surface area (Å²) in [7, 11) is -3.97. The number of piperazine rings is 1. The van der Waals surface area contributed by atoms with Crippen molar-refractivity contribution in [3.63, 3.8) is 0 Å². The lowest BCUT2D eigenvalue weighted by Gasteiger charge is -2.39. The molecule has 2 aliphatic heterocycles. The number of likely N-dealkylation sites (tertiary alicyclic amines) is 1. The molecule has 0 spiro atoms. The lowest BCUT2D eigenvalue weighted by Crippen LogP contribution is -2.59. The number of hydroxylamine groups is 2. The van der Waals surface area contributed by atoms with E-state index < -0.39 is 16.1 Å². The molecule has 2 heterocycles. The van der Waals surface area contributed by atoms with Crippen LogP contribution >= 0.6 is 0 Å². The van der Waals surface area contributed by atoms with Gasteiger partial charge in [-0.3, -0.25) is 9.59 Å². The fourth-order valence-electron chi connectivity index (χ4n) is 6.44. The number of carbonyl (C=O) groups is 2. The molecule has 46 heavy (non-hydrogen) atoms. The third-order valence-electron chi connectivity index (χ3n) is 8.96. The Morgan fingerprint density at radius 3 is 2.07 bits per heavy atom. The standard InChI is InChI=1S/C37H39N3O5S/c1-2-38-23-9-14-32(38)26-36(41)35-27-39(45-33-19-15-31(16-20-33)37(42)30-12-7-4-8-13-30)24-25-40(35)46(43,44)34-21-17-29(18-22-34)28-10-5-3-6-11-28/h3-8,10-13,15-22,32,35H,2,9,14,23-27H2,1H3. The Bertz CT molecular complexity index is 1750. The zero-order valence-electron chi connectivity index (χ0n) is 26.0. The van der Waals surface area contributed by atoms with E-state index in [0.717, 1.165) is 37.1 Å². The molecular weight excluding hydrogens is 598 g/mol. The van der Waals surface area contributed by atoms with Gasteiger partial charge in [-0.15, -0.1) is 5.06 Å². The highest BCUT2D eigenvalue weighted by Crippen LogP contribution is 2.29. The SMILES string of the molecule is CCN1CCCC1CC(=O)C1CN(Oc2ccc(C(=O)c3ccccc3)cc2)CCN1S(=O)(=O)c1ccc(-c2ccccc2)cc1. The predicted octanol–water partition coefficient (Wildman–Crippen LogP) is 5.70. The van der Waals surface area contributed by atoms with Gasteiger partial charge in [-0.25, -0.2) is 8.42 Å². The predicted molar refractivity (Wildman–Crippen MR) is 178 cm³/mol. The molecule has 9 heteroatoms. The maximum atomic E-state index is 14.1. The van der Waals surface area contributed by atoms with Gasteiger partial charge < -0.3 is 9.74 Å². The lowest BCUT2D eigenvalue weighted by atomic mass is 10.0. The van der Waals surface area contributed by atoms with Crippen molar-refractivity contribution in [1.29, 1.82) is 0 Å². The normalized spacial score (nSPS) is 19.6. The fourth-order valence-corrected chi connectivity index (χ4v) is 8.03. The summed E-state index contributed by atoms with van der Waals surface area (Å²) in [5.74, 6) is 0.324. The van der Waals surface area contributed by atoms with Crippen LogP contribution in [0.2, 0.25) is 0 Å². The van der Waals surface area contributed by atoms with Gasteiger partial charge >= 0.3 is 0 Å². The molecule has 4 aromatic carbocycles. The van der Waals surface area contributed by atoms with E-state index in [1.807, 2.05) is 60.7 Å². The van der Waals surface area contributed by atoms with Gasteiger partial charge in [0.2, 0.25) is 10.0 Å². The zero-order chi connectivity index (χ0) is 32.1. The molecule has 2 unspecified atom stereocenters. The summed E-state index contributed by atoms with van der Waals surface area (Å²) >= 11 is 0. The van der Waals surface area contributed by atoms with Crippen LogP contribution in [0.3, 0.4) is 0 Å². The summed E-state index contributed by atoms with van der Waals surface area (Å²) in [4.78, 5) is 35.4. The quantitative estimate of drug-likeness (QED) is 0.195. The molecule has 2 saturated heterocycles. The topological polar surface area (TPSA) is 87.2 Å². The summed E-state index contributed by atoms with van der Waals surface area (Å²) < 4.78 is 29.5. The van der Waals surface area contributed by atoms with Gasteiger partial charge in [0, 0.05) is 36.7 Å². The number of rotatable bonds is 11. The van der Waals surface area contributed by atoms with Gasteiger partial charge in [-0.05, 0) is 73.5 Å². The van der Waals surface area contributed by atoms with E-state index in [4.69, 9.17) is 4.84 Å². The zero-order valence-corrected chi connectivity index (χ0v) is 26.8. The largest absolute Gasteiger partial charge is 0.406 e. The van der Waals surface area contributed by atoms with Crippen molar-refractivity contribution in [3.05, 3.63) is 120 Å². The van der Waals surface area contributed by atoms with E-state index in [0.29, 0.717) is 23.3 Å². The van der Waals surface area contributed by atoms with E-state index in [1.54, 1.807) is 53.6 Å². The molecule has 0 saturated carbocycles. The molecule has 0 aliphatic carbocycles. The number of Topliss-reactive ketones (excluding diaryl/α,β-unsaturated/α-hetero) is 1. The molecule has 2 fully saturated rings. The minimum Gasteiger partial charge on any atom is -0.406 e. The van der Waals surface area contributed by atoms with Crippen molar-refractivity contribution in [3.8, 4) is 16.9 Å². The Labute approximate surface area is 271 Å². The minimum atomic E-state index is -3.97. The maximum Gasteiger partial charge on any atom is 0.243 e. The van der Waals surface area contributed by atoms with Gasteiger partial charge in [-0.1, -0.05) is 79.7 Å². The molecule has 238 valence electrons. The molecule has 2 aliphatic rings. The minimum absolute atomic E-state index is 0.0820. The molecule has 6 rings (SSSR count). The van der Waals surface area contributed by atoms with Crippen molar-refractivity contribution < 1.29 is 22.8 Å². The highest BCUT2D eigenvalue weighted by molar-refractivity contribution is 7.89. The van der Waals surface area contributed by atoms with Crippen molar-refractivity contribution in [2.45, 2.75) is 43.2 Å². The molecule has 0 N–H and O–H groups in total. The van der Waals surface area contributed by atoms with Crippen LogP contribution in [0.15, 0.2) is 114 Å². The average molecular weight is 638 g/mol. The van der Waals surface area contributed by atoms with Crippen LogP contribution in [0.4, 0.5) is 0 Å². The van der Waals surface area contributed by atoms with Gasteiger partial charge in [0.25, 0.3) is 0 Å². The van der Waals surface area contributed by atoms with Crippen molar-refractivity contribution in [2.75, 3.05) is 32.7 Å². The summed E-state index contributed by atoms with van der Waals surface area (Å²) in [6.45, 7) is 4.38. The Balaban J connectivity index is 1.20. The van der Waals surface area contributed by atoms with Gasteiger partial charge in [0.05, 0.1) is 17.5 Å². The number of sulfonamides is 1. The third kappa shape index (κ3) is 6.98. The fraction of sp³-hybridized carbons (Fsp3) is 0.297. The van der Waals surface area contributed by atoms with E-state index in [1.165, 1.54) is 4.31 Å². The third-order valence-corrected chi connectivity index (χ3v) is 10.9. The molecule has 0 aromatic heterocycles. The van der Waals surface area contributed by atoms with Crippen LogP contribution < -0.4 is 4.84 Å². The maximum absolute atomic E-state index is 14.1. The van der Waals surface area contributed by atoms with E-state index in [-0.39, 0.29) is 42.1 Å². The Morgan fingerprint density at radius 2 is 1.39 bits per heavy atom. The Hall–Kier alpha value is -4.15. The smallest absolute Gasteiger partial charge is 0.243 e. The van der Waals surface area contributed by atoms with Crippen LogP contribution in [0.5, 0.6) is 5.75 Å². The highest BCUT2D eigenvalue weighted by Gasteiger charge is 2.42. The number of hydrogen-bond acceptors (Lipinski definition) is 7. The number of ketones is 2. The van der Waals surface area contributed by atoms with Crippen LogP contribution in [0.1, 0.15) is 42.1 Å². The molecule has 8 nitrogen and oxygen atoms in total. The second kappa shape index (κ2) is 14.1. The second-order valence-electron chi connectivity index (χ2n) is 11.8. The Morgan fingerprint density at radius 1 is 0.761 bits per heavy atom. The summed E-state index contributed by atoms with van der Waals surface area (Å²) in [6, 6.07) is 31.8. The number of carbonyl (C=O) groups excluding carboxylic acids is 2. The summed E-state index contributed by atoms with van der Waals surface area (Å²) in [5.41, 5.74) is 3.06. The first kappa shape index (κ1) is 31.8. The molecule has 0 radical (unpaired) electrons. The van der Waals surface area contributed by atoms with Crippen LogP contribution in [0, 0.1) is 0 Å². The molecule has 0 bridgehead atoms. The molecular formula is C37H39N3O5S. The van der Waals surface area contributed by atoms with Crippen LogP contribution in [-0.2, 0) is 14.8 Å². The first-order valence-corrected chi connectivity index (χ1v) is 17.3. The van der Waals surface area contributed by atoms with Crippen LogP contribution in [-0.4, -0.2) is 79.1 Å². The number of hydrogen-bond donors (Lipinski definition) is 0. The van der Waals surface area contributed by atoms with Crippen molar-refractivity contribution >= 4 is 21.6 Å². The first-order valence-electron chi connectivity index (χ1n) is 15.9. The number of nitrogens with zero attached hydrogens (tertiary/aromatic N) is 3. The summed E-state index contributed by atoms with van der Waals surface area (Å²) in [5, 5.41) is 1.66. The second-order valence-corrected chi connectivity index (χ2v) is 13.7. The highest BCUT2D eigenvalue weighted by atomic mass is 32.2. The van der Waals surface area contributed by atoms with E-state index in [2.05, 4.69) is 11.8 Å². The monoisotopic (exact) mass is 637 g/mol. The van der Waals surface area contributed by atoms with Gasteiger partial charge in [0.1, 0.15) is 5.75 Å². The van der Waals surface area contributed by atoms with Crippen molar-refractivity contribution in [1.82, 2.24) is 14.3 Å². The average Bonchev–Trinajstić information content (AvgIpc) is 3.56.